The van der Waals surface area contributed by atoms with Crippen molar-refractivity contribution in [2.45, 2.75) is 0 Å². The molecule has 0 aliphatic heterocycles. The number of aromatic amines is 1. The second-order valence-corrected chi connectivity index (χ2v) is 3.54. The molecule has 0 radical (unpaired) electrons. The molecule has 6 nitrogen and oxygen atoms in total. The Hall–Kier alpha value is -2.63. The van der Waals surface area contributed by atoms with E-state index >= 15 is 0 Å². The Kier molecular flexibility index (Phi) is 3.38. The Morgan fingerprint density at radius 3 is 2.72 bits per heavy atom. The fourth-order valence-corrected chi connectivity index (χ4v) is 1.37. The molecule has 0 saturated carbocycles. The van der Waals surface area contributed by atoms with E-state index in [9.17, 15) is 9.59 Å². The molecule has 0 fully saturated rings. The molecule has 3 N–H and O–H groups in total. The van der Waals surface area contributed by atoms with Crippen LogP contribution in [-0.4, -0.2) is 22.4 Å². The average Bonchev–Trinajstić information content (AvgIpc) is 2.37. The number of nitrogens with one attached hydrogen (secondary N) is 1. The highest BCUT2D eigenvalue weighted by molar-refractivity contribution is 6.00. The Bertz CT molecular complexity index is 607. The van der Waals surface area contributed by atoms with Crippen LogP contribution in [-0.2, 0) is 0 Å². The largest absolute Gasteiger partial charge is 0.485 e. The minimum Gasteiger partial charge on any atom is -0.485 e. The van der Waals surface area contributed by atoms with Crippen molar-refractivity contribution in [3.8, 4) is 5.75 Å². The summed E-state index contributed by atoms with van der Waals surface area (Å²) in [6, 6.07) is 8.92. The summed E-state index contributed by atoms with van der Waals surface area (Å²) in [5.74, 6) is 0.235. The fraction of sp³-hybridized carbons (Fsp3) is 0.0833. The second-order valence-electron chi connectivity index (χ2n) is 3.54. The monoisotopic (exact) mass is 245 g/mol. The molecule has 0 saturated heterocycles. The van der Waals surface area contributed by atoms with Crippen LogP contribution in [0.5, 0.6) is 5.75 Å². The number of anilines is 1. The summed E-state index contributed by atoms with van der Waals surface area (Å²) in [6.45, 7) is -0.165. The number of hydrogen-bond donors (Lipinski definition) is 2. The van der Waals surface area contributed by atoms with Crippen LogP contribution >= 0.6 is 0 Å². The number of nitrogens with two attached hydrogens (primary N) is 1. The summed E-state index contributed by atoms with van der Waals surface area (Å²) in [5, 5.41) is 0. The number of ketones is 1. The molecule has 1 aromatic carbocycles. The molecule has 0 aliphatic carbocycles. The first-order chi connectivity index (χ1) is 8.66. The molecule has 1 aromatic heterocycles. The number of rotatable bonds is 4. The molecule has 92 valence electrons. The van der Waals surface area contributed by atoms with E-state index < -0.39 is 5.69 Å². The third-order valence-corrected chi connectivity index (χ3v) is 2.26. The fourth-order valence-electron chi connectivity index (χ4n) is 1.37. The predicted molar refractivity (Wildman–Crippen MR) is 65.5 cm³/mol. The van der Waals surface area contributed by atoms with Crippen molar-refractivity contribution in [1.82, 2.24) is 9.97 Å². The van der Waals surface area contributed by atoms with E-state index in [2.05, 4.69) is 9.97 Å². The number of nitrogens with zero attached hydrogens (tertiary/aromatic N) is 1. The molecule has 6 heteroatoms. The Balaban J connectivity index is 2.06. The van der Waals surface area contributed by atoms with Gasteiger partial charge in [0.05, 0.1) is 5.56 Å². The summed E-state index contributed by atoms with van der Waals surface area (Å²) < 4.78 is 5.28. The third-order valence-electron chi connectivity index (χ3n) is 2.26. The molecule has 0 aliphatic rings. The summed E-state index contributed by atoms with van der Waals surface area (Å²) in [7, 11) is 0. The topological polar surface area (TPSA) is 98.1 Å². The van der Waals surface area contributed by atoms with E-state index in [-0.39, 0.29) is 23.8 Å². The highest BCUT2D eigenvalue weighted by Gasteiger charge is 2.11. The van der Waals surface area contributed by atoms with Crippen molar-refractivity contribution in [3.05, 3.63) is 52.6 Å². The maximum absolute atomic E-state index is 11.8. The lowest BCUT2D eigenvalue weighted by atomic mass is 10.2. The van der Waals surface area contributed by atoms with E-state index in [0.717, 1.165) is 6.20 Å². The summed E-state index contributed by atoms with van der Waals surface area (Å²) in [4.78, 5) is 28.3. The van der Waals surface area contributed by atoms with E-state index in [1.54, 1.807) is 24.3 Å². The quantitative estimate of drug-likeness (QED) is 0.769. The van der Waals surface area contributed by atoms with Gasteiger partial charge in [0, 0.05) is 6.20 Å². The predicted octanol–water partition coefficient (Wildman–Crippen LogP) is 0.614. The van der Waals surface area contributed by atoms with Gasteiger partial charge in [0.1, 0.15) is 11.6 Å². The van der Waals surface area contributed by atoms with Gasteiger partial charge in [-0.1, -0.05) is 18.2 Å². The Morgan fingerprint density at radius 1 is 1.33 bits per heavy atom. The van der Waals surface area contributed by atoms with Crippen LogP contribution < -0.4 is 16.2 Å². The van der Waals surface area contributed by atoms with Gasteiger partial charge >= 0.3 is 5.69 Å². The molecule has 0 atom stereocenters. The molecule has 2 aromatic rings. The molecular weight excluding hydrogens is 234 g/mol. The number of ether oxygens (including phenoxy) is 1. The number of carbonyl (C=O) groups is 1. The van der Waals surface area contributed by atoms with Gasteiger partial charge in [0.2, 0.25) is 5.78 Å². The Labute approximate surface area is 102 Å². The molecule has 18 heavy (non-hydrogen) atoms. The zero-order valence-corrected chi connectivity index (χ0v) is 9.42. The van der Waals surface area contributed by atoms with E-state index in [4.69, 9.17) is 10.5 Å². The number of carbonyl (C=O) groups excluding carboxylic acids is 1. The van der Waals surface area contributed by atoms with E-state index in [0.29, 0.717) is 5.75 Å². The Morgan fingerprint density at radius 2 is 2.06 bits per heavy atom. The van der Waals surface area contributed by atoms with Crippen LogP contribution in [0.15, 0.2) is 41.3 Å². The number of aromatic nitrogens is 2. The highest BCUT2D eigenvalue weighted by Crippen LogP contribution is 2.10. The van der Waals surface area contributed by atoms with Crippen LogP contribution in [0.4, 0.5) is 5.82 Å². The summed E-state index contributed by atoms with van der Waals surface area (Å²) in [6.07, 6.45) is 1.14. The third kappa shape index (κ3) is 2.73. The molecule has 1 heterocycles. The van der Waals surface area contributed by atoms with Crippen molar-refractivity contribution in [3.63, 3.8) is 0 Å². The maximum atomic E-state index is 11.8. The first-order valence-electron chi connectivity index (χ1n) is 5.22. The molecule has 0 spiro atoms. The van der Waals surface area contributed by atoms with Crippen molar-refractivity contribution in [2.75, 3.05) is 12.3 Å². The SMILES string of the molecule is Nc1[nH]c(=O)ncc1C(=O)COc1ccccc1. The molecule has 0 bridgehead atoms. The zero-order valence-electron chi connectivity index (χ0n) is 9.42. The van der Waals surface area contributed by atoms with Gasteiger partial charge in [0.15, 0.2) is 6.61 Å². The van der Waals surface area contributed by atoms with Crippen LogP contribution in [0, 0.1) is 0 Å². The van der Waals surface area contributed by atoms with E-state index in [1.807, 2.05) is 6.07 Å². The van der Waals surface area contributed by atoms with Crippen LogP contribution in [0.2, 0.25) is 0 Å². The van der Waals surface area contributed by atoms with Crippen LogP contribution in [0.25, 0.3) is 0 Å². The summed E-state index contributed by atoms with van der Waals surface area (Å²) >= 11 is 0. The van der Waals surface area contributed by atoms with Gasteiger partial charge in [-0.3, -0.25) is 9.78 Å². The first-order valence-corrected chi connectivity index (χ1v) is 5.22. The number of Topliss-reactive ketones (excluding diaryl/α,β-unsaturated/α-hetero) is 1. The van der Waals surface area contributed by atoms with Crippen LogP contribution in [0.1, 0.15) is 10.4 Å². The number of H-pyrrole nitrogens is 1. The summed E-state index contributed by atoms with van der Waals surface area (Å²) in [5.41, 5.74) is 5.07. The van der Waals surface area contributed by atoms with Gasteiger partial charge in [-0.05, 0) is 12.1 Å². The zero-order chi connectivity index (χ0) is 13.0. The first kappa shape index (κ1) is 11.8. The number of hydrogen-bond acceptors (Lipinski definition) is 5. The smallest absolute Gasteiger partial charge is 0.346 e. The van der Waals surface area contributed by atoms with Gasteiger partial charge in [0.25, 0.3) is 0 Å². The van der Waals surface area contributed by atoms with Crippen molar-refractivity contribution in [2.24, 2.45) is 0 Å². The molecule has 2 rings (SSSR count). The van der Waals surface area contributed by atoms with Crippen molar-refractivity contribution >= 4 is 11.6 Å². The lowest BCUT2D eigenvalue weighted by Gasteiger charge is -2.06. The number of para-hydroxylation sites is 1. The van der Waals surface area contributed by atoms with E-state index in [1.165, 1.54) is 0 Å². The lowest BCUT2D eigenvalue weighted by Crippen LogP contribution is -2.19. The van der Waals surface area contributed by atoms with Gasteiger partial charge in [-0.25, -0.2) is 9.78 Å². The van der Waals surface area contributed by atoms with Crippen LogP contribution in [0.3, 0.4) is 0 Å². The highest BCUT2D eigenvalue weighted by atomic mass is 16.5. The van der Waals surface area contributed by atoms with Crippen molar-refractivity contribution in [1.29, 1.82) is 0 Å². The second kappa shape index (κ2) is 5.13. The molecular formula is C12H11N3O3. The molecule has 0 amide bonds. The molecule has 0 unspecified atom stereocenters. The van der Waals surface area contributed by atoms with Crippen molar-refractivity contribution < 1.29 is 9.53 Å². The lowest BCUT2D eigenvalue weighted by molar-refractivity contribution is 0.0921. The minimum atomic E-state index is -0.590. The van der Waals surface area contributed by atoms with Gasteiger partial charge in [-0.15, -0.1) is 0 Å². The maximum Gasteiger partial charge on any atom is 0.346 e. The minimum absolute atomic E-state index is 0.00309. The number of nitrogen functional groups attached to an aromatic ring is 1. The standard InChI is InChI=1S/C12H11N3O3/c13-11-9(6-14-12(17)15-11)10(16)7-18-8-4-2-1-3-5-8/h1-6H,7H2,(H3,13,14,15,17). The normalized spacial score (nSPS) is 10.0. The van der Waals surface area contributed by atoms with Gasteiger partial charge < -0.3 is 10.5 Å². The number of benzene rings is 1. The van der Waals surface area contributed by atoms with Gasteiger partial charge in [-0.2, -0.15) is 0 Å². The average molecular weight is 245 g/mol.